The van der Waals surface area contributed by atoms with E-state index in [9.17, 15) is 9.18 Å². The minimum Gasteiger partial charge on any atom is -0.461 e. The van der Waals surface area contributed by atoms with Crippen molar-refractivity contribution in [1.29, 1.82) is 0 Å². The highest BCUT2D eigenvalue weighted by molar-refractivity contribution is 9.10. The Hall–Kier alpha value is -0.970. The number of ether oxygens (including phenoxy) is 1. The summed E-state index contributed by atoms with van der Waals surface area (Å²) in [5.74, 6) is -1.43. The molecule has 0 fully saturated rings. The van der Waals surface area contributed by atoms with Gasteiger partial charge in [-0.05, 0) is 35.0 Å². The van der Waals surface area contributed by atoms with Crippen LogP contribution in [0.25, 0.3) is 0 Å². The molecule has 0 N–H and O–H groups in total. The van der Waals surface area contributed by atoms with Crippen molar-refractivity contribution in [3.05, 3.63) is 28.2 Å². The third-order valence-corrected chi connectivity index (χ3v) is 1.72. The van der Waals surface area contributed by atoms with Crippen molar-refractivity contribution in [2.75, 3.05) is 6.61 Å². The van der Waals surface area contributed by atoms with Crippen LogP contribution in [0.4, 0.5) is 4.39 Å². The van der Waals surface area contributed by atoms with Crippen LogP contribution >= 0.6 is 15.9 Å². The van der Waals surface area contributed by atoms with E-state index in [1.807, 2.05) is 0 Å². The Morgan fingerprint density at radius 3 is 3.00 bits per heavy atom. The fourth-order valence-corrected chi connectivity index (χ4v) is 1.07. The number of pyridine rings is 1. The van der Waals surface area contributed by atoms with E-state index in [2.05, 4.69) is 25.7 Å². The lowest BCUT2D eigenvalue weighted by Gasteiger charge is -2.01. The molecule has 0 aliphatic rings. The van der Waals surface area contributed by atoms with Crippen LogP contribution in [-0.2, 0) is 4.74 Å². The van der Waals surface area contributed by atoms with Crippen LogP contribution in [-0.4, -0.2) is 17.6 Å². The van der Waals surface area contributed by atoms with E-state index in [1.165, 1.54) is 6.07 Å². The first-order chi connectivity index (χ1) is 6.15. The van der Waals surface area contributed by atoms with E-state index >= 15 is 0 Å². The number of rotatable bonds is 2. The number of carbonyl (C=O) groups excluding carboxylic acids is 1. The first kappa shape index (κ1) is 10.1. The molecule has 13 heavy (non-hydrogen) atoms. The van der Waals surface area contributed by atoms with Gasteiger partial charge in [0.25, 0.3) is 0 Å². The largest absolute Gasteiger partial charge is 0.461 e. The van der Waals surface area contributed by atoms with Gasteiger partial charge in [0.1, 0.15) is 4.60 Å². The van der Waals surface area contributed by atoms with Gasteiger partial charge >= 0.3 is 5.97 Å². The van der Waals surface area contributed by atoms with Crippen molar-refractivity contribution in [2.45, 2.75) is 6.92 Å². The molecule has 0 spiro atoms. The number of esters is 1. The number of aromatic nitrogens is 1. The molecule has 1 aromatic heterocycles. The molecule has 3 nitrogen and oxygen atoms in total. The number of nitrogens with zero attached hydrogens (tertiary/aromatic N) is 1. The summed E-state index contributed by atoms with van der Waals surface area (Å²) in [6.07, 6.45) is 0. The Labute approximate surface area is 83.1 Å². The lowest BCUT2D eigenvalue weighted by Crippen LogP contribution is -2.09. The van der Waals surface area contributed by atoms with E-state index in [1.54, 1.807) is 6.92 Å². The summed E-state index contributed by atoms with van der Waals surface area (Å²) < 4.78 is 18.0. The van der Waals surface area contributed by atoms with Crippen molar-refractivity contribution in [2.24, 2.45) is 0 Å². The molecule has 70 valence electrons. The average Bonchev–Trinajstić information content (AvgIpc) is 2.09. The zero-order valence-electron chi connectivity index (χ0n) is 6.88. The Morgan fingerprint density at radius 2 is 2.38 bits per heavy atom. The topological polar surface area (TPSA) is 39.2 Å². The third kappa shape index (κ3) is 2.48. The molecule has 0 aliphatic heterocycles. The quantitative estimate of drug-likeness (QED) is 0.594. The maximum atomic E-state index is 13.0. The van der Waals surface area contributed by atoms with Gasteiger partial charge in [0.15, 0.2) is 11.5 Å². The summed E-state index contributed by atoms with van der Waals surface area (Å²) in [5.41, 5.74) is -0.295. The Kier molecular flexibility index (Phi) is 3.36. The molecule has 0 amide bonds. The number of carbonyl (C=O) groups is 1. The van der Waals surface area contributed by atoms with Gasteiger partial charge in [-0.25, -0.2) is 14.2 Å². The van der Waals surface area contributed by atoms with E-state index in [0.717, 1.165) is 6.07 Å². The van der Waals surface area contributed by atoms with Crippen LogP contribution in [0.3, 0.4) is 0 Å². The van der Waals surface area contributed by atoms with Gasteiger partial charge in [0, 0.05) is 0 Å². The summed E-state index contributed by atoms with van der Waals surface area (Å²) in [4.78, 5) is 14.7. The van der Waals surface area contributed by atoms with Gasteiger partial charge < -0.3 is 4.74 Å². The summed E-state index contributed by atoms with van der Waals surface area (Å²) in [6.45, 7) is 1.85. The van der Waals surface area contributed by atoms with Crippen LogP contribution in [0, 0.1) is 5.82 Å². The third-order valence-electron chi connectivity index (χ3n) is 1.28. The fraction of sp³-hybridized carbons (Fsp3) is 0.250. The van der Waals surface area contributed by atoms with Crippen LogP contribution in [0.1, 0.15) is 17.4 Å². The smallest absolute Gasteiger partial charge is 0.360 e. The second-order valence-electron chi connectivity index (χ2n) is 2.18. The Balaban J connectivity index is 2.99. The first-order valence-corrected chi connectivity index (χ1v) is 4.43. The van der Waals surface area contributed by atoms with Crippen molar-refractivity contribution in [3.63, 3.8) is 0 Å². The predicted molar refractivity (Wildman–Crippen MR) is 47.9 cm³/mol. The molecule has 0 aliphatic carbocycles. The summed E-state index contributed by atoms with van der Waals surface area (Å²) >= 11 is 3.03. The van der Waals surface area contributed by atoms with Crippen LogP contribution in [0.5, 0.6) is 0 Å². The Bertz CT molecular complexity index is 330. The zero-order chi connectivity index (χ0) is 9.84. The Morgan fingerprint density at radius 1 is 1.69 bits per heavy atom. The van der Waals surface area contributed by atoms with Crippen molar-refractivity contribution in [3.8, 4) is 0 Å². The second-order valence-corrected chi connectivity index (χ2v) is 3.00. The molecule has 0 aromatic carbocycles. The maximum Gasteiger partial charge on any atom is 0.360 e. The molecule has 1 rings (SSSR count). The summed E-state index contributed by atoms with van der Waals surface area (Å²) in [6, 6.07) is 2.57. The van der Waals surface area contributed by atoms with Crippen molar-refractivity contribution < 1.29 is 13.9 Å². The van der Waals surface area contributed by atoms with Crippen LogP contribution < -0.4 is 0 Å². The molecule has 0 bridgehead atoms. The lowest BCUT2D eigenvalue weighted by atomic mass is 10.3. The predicted octanol–water partition coefficient (Wildman–Crippen LogP) is 2.16. The SMILES string of the molecule is CCOC(=O)c1nc(Br)ccc1F. The van der Waals surface area contributed by atoms with Gasteiger partial charge in [0.05, 0.1) is 6.61 Å². The maximum absolute atomic E-state index is 13.0. The van der Waals surface area contributed by atoms with Gasteiger partial charge in [-0.3, -0.25) is 0 Å². The van der Waals surface area contributed by atoms with Crippen molar-refractivity contribution >= 4 is 21.9 Å². The molecule has 1 aromatic rings. The lowest BCUT2D eigenvalue weighted by molar-refractivity contribution is 0.0513. The molecule has 5 heteroatoms. The molecule has 0 radical (unpaired) electrons. The minimum atomic E-state index is -0.749. The monoisotopic (exact) mass is 247 g/mol. The molecule has 1 heterocycles. The van der Waals surface area contributed by atoms with Gasteiger partial charge in [0.2, 0.25) is 0 Å². The van der Waals surface area contributed by atoms with E-state index in [4.69, 9.17) is 0 Å². The average molecular weight is 248 g/mol. The van der Waals surface area contributed by atoms with Gasteiger partial charge in [-0.15, -0.1) is 0 Å². The standard InChI is InChI=1S/C8H7BrFNO2/c1-2-13-8(12)7-5(10)3-4-6(9)11-7/h3-4H,2H2,1H3. The summed E-state index contributed by atoms with van der Waals surface area (Å²) in [5, 5.41) is 0. The van der Waals surface area contributed by atoms with E-state index < -0.39 is 11.8 Å². The summed E-state index contributed by atoms with van der Waals surface area (Å²) in [7, 11) is 0. The molecule has 0 atom stereocenters. The van der Waals surface area contributed by atoms with Crippen LogP contribution in [0.15, 0.2) is 16.7 Å². The highest BCUT2D eigenvalue weighted by Gasteiger charge is 2.14. The van der Waals surface area contributed by atoms with Crippen LogP contribution in [0.2, 0.25) is 0 Å². The molecular weight excluding hydrogens is 241 g/mol. The number of hydrogen-bond donors (Lipinski definition) is 0. The second kappa shape index (κ2) is 4.32. The van der Waals surface area contributed by atoms with Gasteiger partial charge in [-0.2, -0.15) is 0 Å². The highest BCUT2D eigenvalue weighted by Crippen LogP contribution is 2.11. The minimum absolute atomic E-state index is 0.201. The number of hydrogen-bond acceptors (Lipinski definition) is 3. The van der Waals surface area contributed by atoms with E-state index in [0.29, 0.717) is 4.60 Å². The molecule has 0 saturated carbocycles. The molecule has 0 unspecified atom stereocenters. The highest BCUT2D eigenvalue weighted by atomic mass is 79.9. The zero-order valence-corrected chi connectivity index (χ0v) is 8.47. The molecule has 0 saturated heterocycles. The van der Waals surface area contributed by atoms with Gasteiger partial charge in [-0.1, -0.05) is 0 Å². The first-order valence-electron chi connectivity index (χ1n) is 3.64. The normalized spacial score (nSPS) is 9.77. The fourth-order valence-electron chi connectivity index (χ4n) is 0.761. The van der Waals surface area contributed by atoms with E-state index in [-0.39, 0.29) is 12.3 Å². The number of halogens is 2. The molecular formula is C8H7BrFNO2. The van der Waals surface area contributed by atoms with Crippen molar-refractivity contribution in [1.82, 2.24) is 4.98 Å².